The van der Waals surface area contributed by atoms with E-state index in [0.29, 0.717) is 18.6 Å². The van der Waals surface area contributed by atoms with Gasteiger partial charge in [0.15, 0.2) is 0 Å². The molecular formula is C17H30N2O. The summed E-state index contributed by atoms with van der Waals surface area (Å²) in [5, 5.41) is 0. The van der Waals surface area contributed by atoms with Crippen LogP contribution in [0.25, 0.3) is 0 Å². The molecule has 0 unspecified atom stereocenters. The number of para-hydroxylation sites is 1. The molecule has 114 valence electrons. The van der Waals surface area contributed by atoms with Crippen molar-refractivity contribution in [3.05, 3.63) is 18.2 Å². The fourth-order valence-corrected chi connectivity index (χ4v) is 2.63. The smallest absolute Gasteiger partial charge is 0.144 e. The van der Waals surface area contributed by atoms with Crippen molar-refractivity contribution in [2.45, 2.75) is 53.5 Å². The number of hydrogen-bond donors (Lipinski definition) is 1. The highest BCUT2D eigenvalue weighted by molar-refractivity contribution is 5.74. The lowest BCUT2D eigenvalue weighted by Gasteiger charge is -2.35. The first kappa shape index (κ1) is 16.7. The molecule has 0 amide bonds. The van der Waals surface area contributed by atoms with E-state index in [1.807, 2.05) is 19.1 Å². The average molecular weight is 278 g/mol. The van der Waals surface area contributed by atoms with Crippen molar-refractivity contribution < 1.29 is 4.74 Å². The van der Waals surface area contributed by atoms with Crippen molar-refractivity contribution in [1.29, 1.82) is 0 Å². The van der Waals surface area contributed by atoms with E-state index in [-0.39, 0.29) is 0 Å². The fourth-order valence-electron chi connectivity index (χ4n) is 2.63. The summed E-state index contributed by atoms with van der Waals surface area (Å²) in [6.07, 6.45) is 2.25. The van der Waals surface area contributed by atoms with Gasteiger partial charge < -0.3 is 15.4 Å². The van der Waals surface area contributed by atoms with Crippen LogP contribution in [-0.4, -0.2) is 19.2 Å². The van der Waals surface area contributed by atoms with Gasteiger partial charge >= 0.3 is 0 Å². The maximum absolute atomic E-state index is 6.33. The number of nitrogens with two attached hydrogens (primary N) is 1. The van der Waals surface area contributed by atoms with Crippen LogP contribution in [0.4, 0.5) is 11.4 Å². The largest absolute Gasteiger partial charge is 0.492 e. The molecule has 3 heteroatoms. The van der Waals surface area contributed by atoms with Crippen molar-refractivity contribution in [2.75, 3.05) is 23.8 Å². The van der Waals surface area contributed by atoms with Crippen LogP contribution in [0, 0.1) is 5.92 Å². The maximum Gasteiger partial charge on any atom is 0.144 e. The zero-order chi connectivity index (χ0) is 15.1. The Kier molecular flexibility index (Phi) is 6.69. The van der Waals surface area contributed by atoms with Crippen molar-refractivity contribution in [2.24, 2.45) is 5.92 Å². The van der Waals surface area contributed by atoms with Gasteiger partial charge in [-0.05, 0) is 37.8 Å². The van der Waals surface area contributed by atoms with E-state index in [1.165, 1.54) is 0 Å². The van der Waals surface area contributed by atoms with Crippen LogP contribution in [0.1, 0.15) is 47.5 Å². The molecule has 0 atom stereocenters. The normalized spacial score (nSPS) is 11.2. The molecule has 0 radical (unpaired) electrons. The Morgan fingerprint density at radius 1 is 1.15 bits per heavy atom. The average Bonchev–Trinajstić information content (AvgIpc) is 2.41. The molecule has 20 heavy (non-hydrogen) atoms. The summed E-state index contributed by atoms with van der Waals surface area (Å²) < 4.78 is 5.63. The van der Waals surface area contributed by atoms with Gasteiger partial charge in [-0.2, -0.15) is 0 Å². The molecule has 1 aromatic carbocycles. The van der Waals surface area contributed by atoms with Crippen molar-refractivity contribution in [3.8, 4) is 5.75 Å². The van der Waals surface area contributed by atoms with E-state index < -0.39 is 0 Å². The van der Waals surface area contributed by atoms with Crippen LogP contribution in [0.15, 0.2) is 18.2 Å². The quantitative estimate of drug-likeness (QED) is 0.720. The Bertz CT molecular complexity index is 400. The number of hydrogen-bond acceptors (Lipinski definition) is 3. The standard InChI is InChI=1S/C17H30N2O/c1-6-14(7-2)19(12-13(4)5)15-10-9-11-16(17(15)18)20-8-3/h9-11,13-14H,6-8,12,18H2,1-5H3. The SMILES string of the molecule is CCOc1cccc(N(CC(C)C)C(CC)CC)c1N. The molecule has 0 heterocycles. The van der Waals surface area contributed by atoms with Crippen LogP contribution in [0.5, 0.6) is 5.75 Å². The second-order valence-corrected chi connectivity index (χ2v) is 5.64. The molecule has 0 saturated carbocycles. The Labute approximate surface area is 124 Å². The second kappa shape index (κ2) is 8.03. The number of benzene rings is 1. The Morgan fingerprint density at radius 3 is 2.30 bits per heavy atom. The number of nitrogens with zero attached hydrogens (tertiary/aromatic N) is 1. The van der Waals surface area contributed by atoms with Gasteiger partial charge in [-0.1, -0.05) is 33.8 Å². The molecule has 0 aromatic heterocycles. The molecule has 0 spiro atoms. The van der Waals surface area contributed by atoms with Gasteiger partial charge in [-0.15, -0.1) is 0 Å². The summed E-state index contributed by atoms with van der Waals surface area (Å²) in [4.78, 5) is 2.45. The number of ether oxygens (including phenoxy) is 1. The minimum atomic E-state index is 0.525. The summed E-state index contributed by atoms with van der Waals surface area (Å²) in [5.74, 6) is 1.40. The summed E-state index contributed by atoms with van der Waals surface area (Å²) >= 11 is 0. The third-order valence-corrected chi connectivity index (χ3v) is 3.60. The van der Waals surface area contributed by atoms with Gasteiger partial charge in [-0.3, -0.25) is 0 Å². The van der Waals surface area contributed by atoms with E-state index in [2.05, 4.69) is 38.7 Å². The van der Waals surface area contributed by atoms with Crippen LogP contribution < -0.4 is 15.4 Å². The van der Waals surface area contributed by atoms with E-state index in [0.717, 1.165) is 36.5 Å². The molecule has 1 rings (SSSR count). The molecule has 0 aliphatic rings. The molecule has 3 nitrogen and oxygen atoms in total. The van der Waals surface area contributed by atoms with Crippen LogP contribution >= 0.6 is 0 Å². The highest BCUT2D eigenvalue weighted by atomic mass is 16.5. The third kappa shape index (κ3) is 4.06. The summed E-state index contributed by atoms with van der Waals surface area (Å²) in [5.41, 5.74) is 8.20. The summed E-state index contributed by atoms with van der Waals surface area (Å²) in [6, 6.07) is 6.62. The Morgan fingerprint density at radius 2 is 1.80 bits per heavy atom. The zero-order valence-corrected chi connectivity index (χ0v) is 13.6. The minimum absolute atomic E-state index is 0.525. The highest BCUT2D eigenvalue weighted by Gasteiger charge is 2.20. The van der Waals surface area contributed by atoms with Crippen molar-refractivity contribution >= 4 is 11.4 Å². The first-order valence-electron chi connectivity index (χ1n) is 7.82. The topological polar surface area (TPSA) is 38.5 Å². The van der Waals surface area contributed by atoms with Crippen molar-refractivity contribution in [1.82, 2.24) is 0 Å². The zero-order valence-electron chi connectivity index (χ0n) is 13.6. The number of anilines is 2. The molecule has 0 aliphatic carbocycles. The van der Waals surface area contributed by atoms with Crippen LogP contribution in [0.3, 0.4) is 0 Å². The van der Waals surface area contributed by atoms with E-state index in [4.69, 9.17) is 10.5 Å². The van der Waals surface area contributed by atoms with Gasteiger partial charge in [0.2, 0.25) is 0 Å². The lowest BCUT2D eigenvalue weighted by molar-refractivity contribution is 0.342. The molecule has 0 bridgehead atoms. The lowest BCUT2D eigenvalue weighted by Crippen LogP contribution is -2.37. The van der Waals surface area contributed by atoms with Gasteiger partial charge in [-0.25, -0.2) is 0 Å². The number of nitrogen functional groups attached to an aromatic ring is 1. The van der Waals surface area contributed by atoms with Gasteiger partial charge in [0.25, 0.3) is 0 Å². The number of rotatable bonds is 8. The van der Waals surface area contributed by atoms with E-state index in [1.54, 1.807) is 0 Å². The van der Waals surface area contributed by atoms with Crippen molar-refractivity contribution in [3.63, 3.8) is 0 Å². The molecule has 2 N–H and O–H groups in total. The molecule has 1 aromatic rings. The van der Waals surface area contributed by atoms with Gasteiger partial charge in [0.05, 0.1) is 18.0 Å². The minimum Gasteiger partial charge on any atom is -0.492 e. The van der Waals surface area contributed by atoms with E-state index >= 15 is 0 Å². The fraction of sp³-hybridized carbons (Fsp3) is 0.647. The predicted molar refractivity (Wildman–Crippen MR) is 88.6 cm³/mol. The van der Waals surface area contributed by atoms with E-state index in [9.17, 15) is 0 Å². The summed E-state index contributed by atoms with van der Waals surface area (Å²) in [6.45, 7) is 12.6. The molecular weight excluding hydrogens is 248 g/mol. The monoisotopic (exact) mass is 278 g/mol. The first-order chi connectivity index (χ1) is 9.54. The van der Waals surface area contributed by atoms with Gasteiger partial charge in [0, 0.05) is 12.6 Å². The summed E-state index contributed by atoms with van der Waals surface area (Å²) in [7, 11) is 0. The highest BCUT2D eigenvalue weighted by Crippen LogP contribution is 2.34. The predicted octanol–water partition coefficient (Wildman–Crippen LogP) is 4.32. The first-order valence-corrected chi connectivity index (χ1v) is 7.82. The van der Waals surface area contributed by atoms with Gasteiger partial charge in [0.1, 0.15) is 5.75 Å². The molecule has 0 saturated heterocycles. The Hall–Kier alpha value is -1.38. The van der Waals surface area contributed by atoms with Crippen LogP contribution in [0.2, 0.25) is 0 Å². The third-order valence-electron chi connectivity index (χ3n) is 3.60. The Balaban J connectivity index is 3.15. The molecule has 0 aliphatic heterocycles. The lowest BCUT2D eigenvalue weighted by atomic mass is 10.1. The molecule has 0 fully saturated rings. The van der Waals surface area contributed by atoms with Crippen LogP contribution in [-0.2, 0) is 0 Å². The maximum atomic E-state index is 6.33. The second-order valence-electron chi connectivity index (χ2n) is 5.64.